The molecule has 0 spiro atoms. The molecule has 9 heteroatoms. The molecule has 1 amide bonds. The van der Waals surface area contributed by atoms with Gasteiger partial charge in [-0.05, 0) is 37.6 Å². The van der Waals surface area contributed by atoms with Gasteiger partial charge in [0.05, 0.1) is 36.3 Å². The first-order valence-corrected chi connectivity index (χ1v) is 11.1. The van der Waals surface area contributed by atoms with Gasteiger partial charge in [-0.15, -0.1) is 0 Å². The van der Waals surface area contributed by atoms with Gasteiger partial charge in [0.2, 0.25) is 5.91 Å². The number of nitrogens with zero attached hydrogens (tertiary/aromatic N) is 3. The Hall–Kier alpha value is -2.52. The molecule has 0 radical (unpaired) electrons. The number of carbonyl (C=O) groups excluding carboxylic acids is 1. The number of anilines is 1. The second kappa shape index (κ2) is 9.32. The number of sulfone groups is 1. The molecule has 1 aromatic heterocycles. The minimum atomic E-state index is -3.31. The summed E-state index contributed by atoms with van der Waals surface area (Å²) < 4.78 is 29.7. The summed E-state index contributed by atoms with van der Waals surface area (Å²) >= 11 is 0. The second-order valence-corrected chi connectivity index (χ2v) is 9.63. The zero-order valence-corrected chi connectivity index (χ0v) is 17.5. The third-order valence-corrected chi connectivity index (χ3v) is 6.88. The molecule has 8 nitrogen and oxygen atoms in total. The molecule has 0 saturated carbocycles. The Labute approximate surface area is 171 Å². The van der Waals surface area contributed by atoms with E-state index in [9.17, 15) is 13.2 Å². The van der Waals surface area contributed by atoms with Crippen LogP contribution in [0.25, 0.3) is 0 Å². The number of nitrogens with one attached hydrogen (secondary N) is 1. The Bertz CT molecular complexity index is 939. The Morgan fingerprint density at radius 1 is 1.17 bits per heavy atom. The van der Waals surface area contributed by atoms with Gasteiger partial charge in [-0.2, -0.15) is 0 Å². The van der Waals surface area contributed by atoms with E-state index in [0.29, 0.717) is 19.0 Å². The van der Waals surface area contributed by atoms with Crippen LogP contribution in [0.2, 0.25) is 0 Å². The van der Waals surface area contributed by atoms with Gasteiger partial charge in [-0.3, -0.25) is 4.79 Å². The number of hydrogen-bond donors (Lipinski definition) is 1. The van der Waals surface area contributed by atoms with Crippen molar-refractivity contribution in [1.82, 2.24) is 15.3 Å². The molecule has 1 aliphatic heterocycles. The van der Waals surface area contributed by atoms with E-state index in [1.807, 2.05) is 6.07 Å². The molecule has 0 atom stereocenters. The van der Waals surface area contributed by atoms with Gasteiger partial charge in [-0.25, -0.2) is 18.4 Å². The lowest BCUT2D eigenvalue weighted by atomic mass is 10.1. The SMILES string of the molecule is CC(C)S(=O)(=O)c1ccc(CC(=O)NCc2nccc(N3CCOCC3)n2)cc1. The Morgan fingerprint density at radius 2 is 1.86 bits per heavy atom. The Morgan fingerprint density at radius 3 is 2.52 bits per heavy atom. The summed E-state index contributed by atoms with van der Waals surface area (Å²) in [5.41, 5.74) is 0.744. The number of morpholine rings is 1. The molecular weight excluding hydrogens is 392 g/mol. The molecule has 1 fully saturated rings. The molecule has 156 valence electrons. The summed E-state index contributed by atoms with van der Waals surface area (Å²) in [5, 5.41) is 2.33. The largest absolute Gasteiger partial charge is 0.378 e. The first-order chi connectivity index (χ1) is 13.9. The van der Waals surface area contributed by atoms with Gasteiger partial charge in [0.15, 0.2) is 9.84 Å². The predicted octanol–water partition coefficient (Wildman–Crippen LogP) is 1.35. The van der Waals surface area contributed by atoms with E-state index < -0.39 is 15.1 Å². The second-order valence-electron chi connectivity index (χ2n) is 7.12. The zero-order chi connectivity index (χ0) is 20.9. The van der Waals surface area contributed by atoms with E-state index in [0.717, 1.165) is 24.5 Å². The van der Waals surface area contributed by atoms with Gasteiger partial charge in [0.25, 0.3) is 0 Å². The highest BCUT2D eigenvalue weighted by molar-refractivity contribution is 7.92. The van der Waals surface area contributed by atoms with Crippen molar-refractivity contribution in [3.8, 4) is 0 Å². The minimum Gasteiger partial charge on any atom is -0.378 e. The fourth-order valence-electron chi connectivity index (χ4n) is 2.94. The van der Waals surface area contributed by atoms with E-state index in [1.165, 1.54) is 0 Å². The molecule has 1 N–H and O–H groups in total. The number of amides is 1. The maximum absolute atomic E-state index is 12.3. The van der Waals surface area contributed by atoms with Crippen molar-refractivity contribution in [3.63, 3.8) is 0 Å². The van der Waals surface area contributed by atoms with Crippen LogP contribution in [0, 0.1) is 0 Å². The number of benzene rings is 1. The van der Waals surface area contributed by atoms with Gasteiger partial charge in [-0.1, -0.05) is 12.1 Å². The van der Waals surface area contributed by atoms with E-state index >= 15 is 0 Å². The molecule has 0 unspecified atom stereocenters. The van der Waals surface area contributed by atoms with Crippen molar-refractivity contribution in [2.24, 2.45) is 0 Å². The number of rotatable bonds is 7. The highest BCUT2D eigenvalue weighted by atomic mass is 32.2. The molecule has 3 rings (SSSR count). The third kappa shape index (κ3) is 5.51. The van der Waals surface area contributed by atoms with E-state index in [1.54, 1.807) is 44.3 Å². The molecule has 29 heavy (non-hydrogen) atoms. The lowest BCUT2D eigenvalue weighted by Crippen LogP contribution is -2.37. The summed E-state index contributed by atoms with van der Waals surface area (Å²) in [6.45, 7) is 6.44. The average molecular weight is 419 g/mol. The van der Waals surface area contributed by atoms with Crippen LogP contribution in [-0.4, -0.2) is 55.8 Å². The van der Waals surface area contributed by atoms with Crippen LogP contribution in [0.15, 0.2) is 41.4 Å². The first-order valence-electron chi connectivity index (χ1n) is 9.60. The van der Waals surface area contributed by atoms with Crippen LogP contribution in [0.1, 0.15) is 25.2 Å². The topological polar surface area (TPSA) is 101 Å². The number of ether oxygens (including phenoxy) is 1. The summed E-state index contributed by atoms with van der Waals surface area (Å²) in [6.07, 6.45) is 1.85. The Kier molecular flexibility index (Phi) is 6.81. The maximum atomic E-state index is 12.3. The molecule has 1 saturated heterocycles. The highest BCUT2D eigenvalue weighted by Crippen LogP contribution is 2.17. The molecule has 2 heterocycles. The standard InChI is InChI=1S/C20H26N4O4S/c1-15(2)29(26,27)17-5-3-16(4-6-17)13-20(25)22-14-18-21-8-7-19(23-18)24-9-11-28-12-10-24/h3-8,15H,9-14H2,1-2H3,(H,22,25). The number of carbonyl (C=O) groups is 1. The fourth-order valence-corrected chi connectivity index (χ4v) is 4.00. The molecule has 1 aromatic carbocycles. The van der Waals surface area contributed by atoms with Crippen molar-refractivity contribution >= 4 is 21.6 Å². The average Bonchev–Trinajstić information content (AvgIpc) is 2.73. The smallest absolute Gasteiger partial charge is 0.224 e. The summed E-state index contributed by atoms with van der Waals surface area (Å²) in [4.78, 5) is 23.4. The third-order valence-electron chi connectivity index (χ3n) is 4.71. The molecule has 0 aliphatic carbocycles. The summed E-state index contributed by atoms with van der Waals surface area (Å²) in [7, 11) is -3.31. The van der Waals surface area contributed by atoms with Crippen molar-refractivity contribution in [1.29, 1.82) is 0 Å². The fraction of sp³-hybridized carbons (Fsp3) is 0.450. The van der Waals surface area contributed by atoms with Gasteiger partial charge < -0.3 is 15.0 Å². The number of aromatic nitrogens is 2. The summed E-state index contributed by atoms with van der Waals surface area (Å²) in [5.74, 6) is 1.19. The lowest BCUT2D eigenvalue weighted by Gasteiger charge is -2.27. The highest BCUT2D eigenvalue weighted by Gasteiger charge is 2.19. The monoisotopic (exact) mass is 418 g/mol. The van der Waals surface area contributed by atoms with Gasteiger partial charge in [0.1, 0.15) is 11.6 Å². The molecule has 1 aliphatic rings. The molecule has 0 bridgehead atoms. The van der Waals surface area contributed by atoms with Crippen LogP contribution < -0.4 is 10.2 Å². The zero-order valence-electron chi connectivity index (χ0n) is 16.7. The van der Waals surface area contributed by atoms with Crippen molar-refractivity contribution < 1.29 is 17.9 Å². The quantitative estimate of drug-likeness (QED) is 0.724. The van der Waals surface area contributed by atoms with Crippen LogP contribution in [0.4, 0.5) is 5.82 Å². The van der Waals surface area contributed by atoms with Crippen LogP contribution in [0.5, 0.6) is 0 Å². The lowest BCUT2D eigenvalue weighted by molar-refractivity contribution is -0.120. The van der Waals surface area contributed by atoms with Crippen LogP contribution in [0.3, 0.4) is 0 Å². The molecule has 2 aromatic rings. The Balaban J connectivity index is 1.55. The first kappa shape index (κ1) is 21.2. The summed E-state index contributed by atoms with van der Waals surface area (Å²) in [6, 6.07) is 8.29. The van der Waals surface area contributed by atoms with Crippen LogP contribution in [-0.2, 0) is 32.3 Å². The molecular formula is C20H26N4O4S. The van der Waals surface area contributed by atoms with Crippen molar-refractivity contribution in [3.05, 3.63) is 47.9 Å². The van der Waals surface area contributed by atoms with Crippen LogP contribution >= 0.6 is 0 Å². The van der Waals surface area contributed by atoms with E-state index in [2.05, 4.69) is 20.2 Å². The minimum absolute atomic E-state index is 0.158. The normalized spacial score (nSPS) is 14.8. The maximum Gasteiger partial charge on any atom is 0.224 e. The van der Waals surface area contributed by atoms with Gasteiger partial charge in [0, 0.05) is 19.3 Å². The van der Waals surface area contributed by atoms with Crippen molar-refractivity contribution in [2.75, 3.05) is 31.2 Å². The van der Waals surface area contributed by atoms with Crippen molar-refractivity contribution in [2.45, 2.75) is 37.0 Å². The van der Waals surface area contributed by atoms with E-state index in [4.69, 9.17) is 4.74 Å². The predicted molar refractivity (Wildman–Crippen MR) is 109 cm³/mol. The van der Waals surface area contributed by atoms with E-state index in [-0.39, 0.29) is 23.8 Å². The number of hydrogen-bond acceptors (Lipinski definition) is 7. The van der Waals surface area contributed by atoms with Gasteiger partial charge >= 0.3 is 0 Å².